The molecule has 1 aromatic heterocycles. The zero-order chi connectivity index (χ0) is 18.9. The van der Waals surface area contributed by atoms with Gasteiger partial charge in [-0.2, -0.15) is 13.2 Å². The monoisotopic (exact) mass is 362 g/mol. The third kappa shape index (κ3) is 3.26. The number of nitrogens with one attached hydrogen (secondary N) is 2. The van der Waals surface area contributed by atoms with Crippen molar-refractivity contribution < 1.29 is 27.5 Å². The van der Waals surface area contributed by atoms with Gasteiger partial charge in [-0.3, -0.25) is 9.59 Å². The Morgan fingerprint density at radius 1 is 1.12 bits per heavy atom. The van der Waals surface area contributed by atoms with Crippen LogP contribution in [0.1, 0.15) is 15.9 Å². The minimum atomic E-state index is -4.65. The van der Waals surface area contributed by atoms with E-state index in [1.165, 1.54) is 25.4 Å². The molecule has 2 N–H and O–H groups in total. The normalized spacial score (nSPS) is 11.4. The number of alkyl halides is 3. The number of carbonyl (C=O) groups is 2. The van der Waals surface area contributed by atoms with Gasteiger partial charge in [0.1, 0.15) is 5.75 Å². The average molecular weight is 362 g/mol. The first-order valence-corrected chi connectivity index (χ1v) is 7.48. The van der Waals surface area contributed by atoms with Gasteiger partial charge in [-0.1, -0.05) is 12.1 Å². The largest absolute Gasteiger partial charge is 0.497 e. The fourth-order valence-electron chi connectivity index (χ4n) is 2.56. The molecule has 3 rings (SSSR count). The number of aromatic amines is 1. The minimum absolute atomic E-state index is 0.0425. The Labute approximate surface area is 145 Å². The first-order valence-electron chi connectivity index (χ1n) is 7.48. The molecule has 0 saturated heterocycles. The van der Waals surface area contributed by atoms with Crippen LogP contribution in [0.25, 0.3) is 10.9 Å². The number of para-hydroxylation sites is 1. The van der Waals surface area contributed by atoms with Crippen molar-refractivity contribution in [2.45, 2.75) is 6.18 Å². The van der Waals surface area contributed by atoms with Gasteiger partial charge in [0.05, 0.1) is 23.9 Å². The van der Waals surface area contributed by atoms with E-state index in [0.29, 0.717) is 16.7 Å². The highest BCUT2D eigenvalue weighted by Crippen LogP contribution is 2.34. The zero-order valence-electron chi connectivity index (χ0n) is 13.5. The van der Waals surface area contributed by atoms with Crippen molar-refractivity contribution in [1.29, 1.82) is 0 Å². The molecular weight excluding hydrogens is 349 g/mol. The van der Waals surface area contributed by atoms with Crippen molar-refractivity contribution in [3.63, 3.8) is 0 Å². The number of hydrogen-bond acceptors (Lipinski definition) is 3. The number of amides is 1. The van der Waals surface area contributed by atoms with E-state index in [1.54, 1.807) is 18.2 Å². The maximum atomic E-state index is 13.0. The van der Waals surface area contributed by atoms with Crippen molar-refractivity contribution in [3.8, 4) is 5.75 Å². The first-order chi connectivity index (χ1) is 12.3. The minimum Gasteiger partial charge on any atom is -0.497 e. The SMILES string of the molecule is COc1ccc2[nH]cc(C(=O)C(=O)Nc3ccccc3C(F)(F)F)c2c1. The average Bonchev–Trinajstić information content (AvgIpc) is 3.03. The predicted octanol–water partition coefficient (Wildman–Crippen LogP) is 4.02. The number of aromatic nitrogens is 1. The van der Waals surface area contributed by atoms with Gasteiger partial charge in [0, 0.05) is 17.1 Å². The van der Waals surface area contributed by atoms with Gasteiger partial charge in [-0.15, -0.1) is 0 Å². The standard InChI is InChI=1S/C18H13F3N2O3/c1-26-10-6-7-14-11(8-10)12(9-22-14)16(24)17(25)23-15-5-3-2-4-13(15)18(19,20)21/h2-9,22H,1H3,(H,23,25). The van der Waals surface area contributed by atoms with Crippen molar-refractivity contribution in [2.24, 2.45) is 0 Å². The fourth-order valence-corrected chi connectivity index (χ4v) is 2.56. The molecule has 0 fully saturated rings. The predicted molar refractivity (Wildman–Crippen MR) is 89.3 cm³/mol. The topological polar surface area (TPSA) is 71.2 Å². The molecule has 1 amide bonds. The number of ether oxygens (including phenoxy) is 1. The van der Waals surface area contributed by atoms with Crippen LogP contribution in [0, 0.1) is 0 Å². The molecule has 2 aromatic carbocycles. The number of halogens is 3. The van der Waals surface area contributed by atoms with Gasteiger partial charge in [0.15, 0.2) is 0 Å². The van der Waals surface area contributed by atoms with Gasteiger partial charge in [0.2, 0.25) is 0 Å². The summed E-state index contributed by atoms with van der Waals surface area (Å²) in [4.78, 5) is 27.5. The van der Waals surface area contributed by atoms with Crippen LogP contribution >= 0.6 is 0 Å². The summed E-state index contributed by atoms with van der Waals surface area (Å²) >= 11 is 0. The molecule has 0 bridgehead atoms. The third-order valence-electron chi connectivity index (χ3n) is 3.82. The molecule has 0 atom stereocenters. The second kappa shape index (κ2) is 6.55. The van der Waals surface area contributed by atoms with E-state index in [9.17, 15) is 22.8 Å². The Balaban J connectivity index is 1.91. The summed E-state index contributed by atoms with van der Waals surface area (Å²) in [6, 6.07) is 9.37. The molecule has 1 heterocycles. The first kappa shape index (κ1) is 17.5. The summed E-state index contributed by atoms with van der Waals surface area (Å²) in [6.45, 7) is 0. The Morgan fingerprint density at radius 3 is 2.54 bits per heavy atom. The van der Waals surface area contributed by atoms with Crippen LogP contribution in [-0.2, 0) is 11.0 Å². The number of carbonyl (C=O) groups excluding carboxylic acids is 2. The molecular formula is C18H13F3N2O3. The number of H-pyrrole nitrogens is 1. The van der Waals surface area contributed by atoms with Crippen molar-refractivity contribution in [3.05, 3.63) is 59.8 Å². The van der Waals surface area contributed by atoms with Crippen LogP contribution in [0.2, 0.25) is 0 Å². The van der Waals surface area contributed by atoms with Crippen LogP contribution in [0.5, 0.6) is 5.75 Å². The second-order valence-electron chi connectivity index (χ2n) is 5.44. The molecule has 134 valence electrons. The summed E-state index contributed by atoms with van der Waals surface area (Å²) in [6.07, 6.45) is -3.32. The molecule has 0 aliphatic rings. The van der Waals surface area contributed by atoms with Crippen LogP contribution in [0.3, 0.4) is 0 Å². The highest BCUT2D eigenvalue weighted by Gasteiger charge is 2.34. The lowest BCUT2D eigenvalue weighted by Gasteiger charge is -2.13. The molecule has 0 spiro atoms. The highest BCUT2D eigenvalue weighted by atomic mass is 19.4. The number of methoxy groups -OCH3 is 1. The summed E-state index contributed by atoms with van der Waals surface area (Å²) in [5.41, 5.74) is -0.865. The van der Waals surface area contributed by atoms with E-state index < -0.39 is 29.1 Å². The molecule has 0 aliphatic heterocycles. The fraction of sp³-hybridized carbons (Fsp3) is 0.111. The quantitative estimate of drug-likeness (QED) is 0.544. The molecule has 3 aromatic rings. The van der Waals surface area contributed by atoms with Gasteiger partial charge < -0.3 is 15.0 Å². The number of Topliss-reactive ketones (excluding diaryl/α,β-unsaturated/α-hetero) is 1. The second-order valence-corrected chi connectivity index (χ2v) is 5.44. The van der Waals surface area contributed by atoms with Crippen LogP contribution in [0.15, 0.2) is 48.7 Å². The number of fused-ring (bicyclic) bond motifs is 1. The summed E-state index contributed by atoms with van der Waals surface area (Å²) in [5.74, 6) is -1.64. The van der Waals surface area contributed by atoms with Gasteiger partial charge >= 0.3 is 6.18 Å². The van der Waals surface area contributed by atoms with Gasteiger partial charge in [0.25, 0.3) is 11.7 Å². The maximum Gasteiger partial charge on any atom is 0.418 e. The van der Waals surface area contributed by atoms with E-state index in [0.717, 1.165) is 12.1 Å². The van der Waals surface area contributed by atoms with E-state index in [4.69, 9.17) is 4.74 Å². The van der Waals surface area contributed by atoms with E-state index in [-0.39, 0.29) is 5.56 Å². The zero-order valence-corrected chi connectivity index (χ0v) is 13.5. The van der Waals surface area contributed by atoms with Crippen LogP contribution in [-0.4, -0.2) is 23.8 Å². The lowest BCUT2D eigenvalue weighted by atomic mass is 10.1. The smallest absolute Gasteiger partial charge is 0.418 e. The number of ketones is 1. The third-order valence-corrected chi connectivity index (χ3v) is 3.82. The van der Waals surface area contributed by atoms with Gasteiger partial charge in [-0.25, -0.2) is 0 Å². The lowest BCUT2D eigenvalue weighted by Crippen LogP contribution is -2.24. The molecule has 0 saturated carbocycles. The van der Waals surface area contributed by atoms with Gasteiger partial charge in [-0.05, 0) is 30.3 Å². The summed E-state index contributed by atoms with van der Waals surface area (Å²) < 4.78 is 44.1. The maximum absolute atomic E-state index is 13.0. The van der Waals surface area contributed by atoms with E-state index in [1.807, 2.05) is 5.32 Å². The Kier molecular flexibility index (Phi) is 4.41. The Morgan fingerprint density at radius 2 is 1.85 bits per heavy atom. The number of anilines is 1. The Bertz CT molecular complexity index is 993. The highest BCUT2D eigenvalue weighted by molar-refractivity contribution is 6.48. The molecule has 26 heavy (non-hydrogen) atoms. The van der Waals surface area contributed by atoms with Crippen LogP contribution in [0.4, 0.5) is 18.9 Å². The number of rotatable bonds is 4. The molecule has 0 aliphatic carbocycles. The van der Waals surface area contributed by atoms with Crippen molar-refractivity contribution in [1.82, 2.24) is 4.98 Å². The van der Waals surface area contributed by atoms with Crippen LogP contribution < -0.4 is 10.1 Å². The molecule has 0 unspecified atom stereocenters. The Hall–Kier alpha value is -3.29. The van der Waals surface area contributed by atoms with E-state index in [2.05, 4.69) is 4.98 Å². The molecule has 8 heteroatoms. The lowest BCUT2D eigenvalue weighted by molar-refractivity contribution is -0.137. The summed E-state index contributed by atoms with van der Waals surface area (Å²) in [5, 5.41) is 2.48. The summed E-state index contributed by atoms with van der Waals surface area (Å²) in [7, 11) is 1.45. The number of hydrogen-bond donors (Lipinski definition) is 2. The molecule has 0 radical (unpaired) electrons. The van der Waals surface area contributed by atoms with Crippen molar-refractivity contribution >= 4 is 28.3 Å². The van der Waals surface area contributed by atoms with Crippen molar-refractivity contribution in [2.75, 3.05) is 12.4 Å². The van der Waals surface area contributed by atoms with E-state index >= 15 is 0 Å². The number of benzene rings is 2. The molecule has 5 nitrogen and oxygen atoms in total.